The Labute approximate surface area is 234 Å². The van der Waals surface area contributed by atoms with Gasteiger partial charge < -0.3 is 20.7 Å². The van der Waals surface area contributed by atoms with Crippen molar-refractivity contribution in [3.05, 3.63) is 35.7 Å². The van der Waals surface area contributed by atoms with Crippen LogP contribution < -0.4 is 20.7 Å². The van der Waals surface area contributed by atoms with Crippen LogP contribution in [0.3, 0.4) is 0 Å². The van der Waals surface area contributed by atoms with Crippen molar-refractivity contribution in [1.29, 1.82) is 0 Å². The number of nitrogens with one attached hydrogen (secondary N) is 3. The molecular formula is C30H40N6O2S. The van der Waals surface area contributed by atoms with E-state index in [4.69, 9.17) is 14.7 Å². The van der Waals surface area contributed by atoms with Gasteiger partial charge in [-0.1, -0.05) is 13.8 Å². The zero-order chi connectivity index (χ0) is 27.2. The molecule has 4 fully saturated rings. The minimum Gasteiger partial charge on any atom is -0.492 e. The summed E-state index contributed by atoms with van der Waals surface area (Å²) in [5.41, 5.74) is 1.57. The average molecular weight is 549 g/mol. The van der Waals surface area contributed by atoms with Gasteiger partial charge in [-0.3, -0.25) is 9.69 Å². The molecule has 4 atom stereocenters. The number of nitrogens with zero attached hydrogens (tertiary/aromatic N) is 3. The molecule has 3 saturated carbocycles. The Hall–Kier alpha value is -2.91. The predicted octanol–water partition coefficient (Wildman–Crippen LogP) is 5.51. The summed E-state index contributed by atoms with van der Waals surface area (Å²) < 4.78 is 6.97. The van der Waals surface area contributed by atoms with Crippen LogP contribution in [-0.2, 0) is 4.79 Å². The number of hydrogen-bond acceptors (Lipinski definition) is 8. The lowest BCUT2D eigenvalue weighted by atomic mass is 9.40. The molecule has 3 aromatic rings. The van der Waals surface area contributed by atoms with E-state index >= 15 is 0 Å². The van der Waals surface area contributed by atoms with Gasteiger partial charge in [0.15, 0.2) is 0 Å². The quantitative estimate of drug-likeness (QED) is 0.325. The minimum atomic E-state index is -0.408. The molecule has 3 heterocycles. The van der Waals surface area contributed by atoms with Crippen molar-refractivity contribution in [2.45, 2.75) is 52.0 Å². The van der Waals surface area contributed by atoms with E-state index in [2.05, 4.69) is 41.6 Å². The molecule has 1 amide bonds. The normalized spacial score (nSPS) is 27.6. The number of ether oxygens (including phenoxy) is 1. The second kappa shape index (κ2) is 10.2. The fourth-order valence-corrected chi connectivity index (χ4v) is 8.03. The molecule has 0 radical (unpaired) electrons. The van der Waals surface area contributed by atoms with E-state index in [9.17, 15) is 4.79 Å². The van der Waals surface area contributed by atoms with Crippen LogP contribution in [0.2, 0.25) is 0 Å². The summed E-state index contributed by atoms with van der Waals surface area (Å²) >= 11 is 1.63. The number of likely N-dealkylation sites (tertiary alicyclic amines) is 1. The number of benzene rings is 1. The van der Waals surface area contributed by atoms with Crippen LogP contribution >= 0.6 is 11.3 Å². The lowest BCUT2D eigenvalue weighted by molar-refractivity contribution is -0.155. The Bertz CT molecular complexity index is 1330. The topological polar surface area (TPSA) is 91.4 Å². The second-order valence-corrected chi connectivity index (χ2v) is 13.1. The van der Waals surface area contributed by atoms with Crippen molar-refractivity contribution in [1.82, 2.24) is 20.2 Å². The van der Waals surface area contributed by atoms with Crippen molar-refractivity contribution in [2.24, 2.45) is 23.2 Å². The summed E-state index contributed by atoms with van der Waals surface area (Å²) in [6, 6.07) is 10.0. The van der Waals surface area contributed by atoms with E-state index in [1.165, 1.54) is 25.9 Å². The third-order valence-electron chi connectivity index (χ3n) is 9.68. The first-order chi connectivity index (χ1) is 18.8. The van der Waals surface area contributed by atoms with Gasteiger partial charge in [0.05, 0.1) is 21.7 Å². The van der Waals surface area contributed by atoms with Crippen LogP contribution in [0.25, 0.3) is 10.2 Å². The fourth-order valence-electron chi connectivity index (χ4n) is 7.26. The first-order valence-electron chi connectivity index (χ1n) is 14.2. The molecule has 4 unspecified atom stereocenters. The number of carbonyl (C=O) groups excluding carboxylic acids is 1. The third-order valence-corrected chi connectivity index (χ3v) is 10.6. The standard InChI is InChI=1S/C30H40N6O2S/c1-29(2)19-17-22(27(37)31-4)30(3,24(29)18-19)35-26-25-23(11-16-39-25)33-28(34-26)32-20-7-9-21(10-8-20)38-15-14-36-12-5-6-13-36/h7-11,16,19,22,24H,5-6,12-15,17-18H2,1-4H3,(H,31,37)(H2,32,33,34,35). The molecular weight excluding hydrogens is 508 g/mol. The van der Waals surface area contributed by atoms with Gasteiger partial charge in [0, 0.05) is 19.3 Å². The van der Waals surface area contributed by atoms with Gasteiger partial charge in [0.25, 0.3) is 0 Å². The number of rotatable bonds is 9. The predicted molar refractivity (Wildman–Crippen MR) is 158 cm³/mol. The summed E-state index contributed by atoms with van der Waals surface area (Å²) in [5, 5.41) is 12.2. The molecule has 1 aromatic carbocycles. The average Bonchev–Trinajstić information content (AvgIpc) is 3.61. The summed E-state index contributed by atoms with van der Waals surface area (Å²) in [6.07, 6.45) is 4.62. The molecule has 8 nitrogen and oxygen atoms in total. The molecule has 1 aliphatic heterocycles. The van der Waals surface area contributed by atoms with Crippen LogP contribution in [0.15, 0.2) is 35.7 Å². The number of anilines is 3. The van der Waals surface area contributed by atoms with Crippen molar-refractivity contribution in [3.8, 4) is 5.75 Å². The molecule has 3 N–H and O–H groups in total. The lowest BCUT2D eigenvalue weighted by Crippen LogP contribution is -2.69. The number of hydrogen-bond donors (Lipinski definition) is 3. The summed E-state index contributed by atoms with van der Waals surface area (Å²) in [4.78, 5) is 25.2. The molecule has 39 heavy (non-hydrogen) atoms. The second-order valence-electron chi connectivity index (χ2n) is 12.2. The Balaban J connectivity index is 1.21. The number of carbonyl (C=O) groups is 1. The van der Waals surface area contributed by atoms with E-state index < -0.39 is 5.54 Å². The van der Waals surface area contributed by atoms with E-state index in [1.807, 2.05) is 35.7 Å². The summed E-state index contributed by atoms with van der Waals surface area (Å²) in [6.45, 7) is 10.9. The van der Waals surface area contributed by atoms with Gasteiger partial charge in [-0.05, 0) is 98.7 Å². The zero-order valence-electron chi connectivity index (χ0n) is 23.4. The Morgan fingerprint density at radius 1 is 1.10 bits per heavy atom. The van der Waals surface area contributed by atoms with E-state index in [0.29, 0.717) is 24.4 Å². The van der Waals surface area contributed by atoms with Gasteiger partial charge in [-0.2, -0.15) is 4.98 Å². The number of thiophene rings is 1. The van der Waals surface area contributed by atoms with Gasteiger partial charge >= 0.3 is 0 Å². The van der Waals surface area contributed by atoms with Crippen molar-refractivity contribution in [2.75, 3.05) is 43.9 Å². The maximum atomic E-state index is 13.0. The largest absolute Gasteiger partial charge is 0.492 e. The highest BCUT2D eigenvalue weighted by atomic mass is 32.1. The van der Waals surface area contributed by atoms with Crippen molar-refractivity contribution < 1.29 is 9.53 Å². The van der Waals surface area contributed by atoms with E-state index in [1.54, 1.807) is 18.4 Å². The molecule has 4 aliphatic rings. The highest BCUT2D eigenvalue weighted by Crippen LogP contribution is 2.65. The first-order valence-corrected chi connectivity index (χ1v) is 15.1. The Morgan fingerprint density at radius 2 is 1.87 bits per heavy atom. The monoisotopic (exact) mass is 548 g/mol. The highest BCUT2D eigenvalue weighted by molar-refractivity contribution is 7.17. The SMILES string of the molecule is CNC(=O)C1CC2CC(C2(C)C)C1(C)Nc1nc(Nc2ccc(OCCN3CCCC3)cc2)nc2ccsc12. The van der Waals surface area contributed by atoms with Gasteiger partial charge in [-0.25, -0.2) is 4.98 Å². The molecule has 1 saturated heterocycles. The molecule has 9 heteroatoms. The lowest BCUT2D eigenvalue weighted by Gasteiger charge is -2.66. The van der Waals surface area contributed by atoms with Gasteiger partial charge in [0.1, 0.15) is 18.2 Å². The molecule has 7 rings (SSSR count). The van der Waals surface area contributed by atoms with Crippen molar-refractivity contribution in [3.63, 3.8) is 0 Å². The Morgan fingerprint density at radius 3 is 2.59 bits per heavy atom. The van der Waals surface area contributed by atoms with Crippen LogP contribution in [0.5, 0.6) is 5.75 Å². The zero-order valence-corrected chi connectivity index (χ0v) is 24.2. The molecule has 208 valence electrons. The fraction of sp³-hybridized carbons (Fsp3) is 0.567. The number of amides is 1. The maximum absolute atomic E-state index is 13.0. The van der Waals surface area contributed by atoms with Crippen LogP contribution in [0, 0.1) is 23.2 Å². The summed E-state index contributed by atoms with van der Waals surface area (Å²) in [7, 11) is 1.74. The minimum absolute atomic E-state index is 0.104. The smallest absolute Gasteiger partial charge is 0.229 e. The molecule has 2 aromatic heterocycles. The molecule has 2 bridgehead atoms. The highest BCUT2D eigenvalue weighted by Gasteiger charge is 2.64. The third kappa shape index (κ3) is 4.84. The van der Waals surface area contributed by atoms with E-state index in [0.717, 1.165) is 46.9 Å². The van der Waals surface area contributed by atoms with Crippen LogP contribution in [-0.4, -0.2) is 59.6 Å². The number of aromatic nitrogens is 2. The Kier molecular flexibility index (Phi) is 6.91. The van der Waals surface area contributed by atoms with Crippen LogP contribution in [0.1, 0.15) is 46.5 Å². The molecule has 3 aliphatic carbocycles. The maximum Gasteiger partial charge on any atom is 0.229 e. The van der Waals surface area contributed by atoms with E-state index in [-0.39, 0.29) is 17.2 Å². The number of fused-ring (bicyclic) bond motifs is 3. The first kappa shape index (κ1) is 26.3. The summed E-state index contributed by atoms with van der Waals surface area (Å²) in [5.74, 6) is 3.14. The van der Waals surface area contributed by atoms with Crippen molar-refractivity contribution >= 4 is 44.9 Å². The van der Waals surface area contributed by atoms with Gasteiger partial charge in [-0.15, -0.1) is 11.3 Å². The molecule has 0 spiro atoms. The van der Waals surface area contributed by atoms with Gasteiger partial charge in [0.2, 0.25) is 11.9 Å². The van der Waals surface area contributed by atoms with Crippen LogP contribution in [0.4, 0.5) is 17.5 Å².